The lowest BCUT2D eigenvalue weighted by molar-refractivity contribution is -0.143. The molecule has 1 heterocycles. The number of hydrogen-bond donors (Lipinski definition) is 15. The van der Waals surface area contributed by atoms with Gasteiger partial charge < -0.3 is 82.0 Å². The summed E-state index contributed by atoms with van der Waals surface area (Å²) in [5.74, 6) is -7.09. The van der Waals surface area contributed by atoms with Gasteiger partial charge in [0.25, 0.3) is 0 Å². The van der Waals surface area contributed by atoms with E-state index in [0.29, 0.717) is 13.0 Å². The van der Waals surface area contributed by atoms with Gasteiger partial charge in [0.05, 0.1) is 6.04 Å². The SMILES string of the molecule is CC(C)C[C@H](NC(=O)[C@H](CCCN=C(N)N)NC(=O)[C@H](CC(C)C)NC(=O)[C@H](CCCN=C(N)N)NC(=O)[C@H](CC(C)C)NC(=O)[C@H](CCCN=C(N)N)NC(=O)[C@H](Cc1ccccc1)NC(=O)[C@@H]1CCCN1)C(=O)O. The summed E-state index contributed by atoms with van der Waals surface area (Å²) in [5, 5.41) is 32.1. The van der Waals surface area contributed by atoms with Crippen molar-refractivity contribution in [3.05, 3.63) is 35.9 Å². The van der Waals surface area contributed by atoms with Gasteiger partial charge in [0.2, 0.25) is 41.4 Å². The van der Waals surface area contributed by atoms with E-state index in [-0.39, 0.29) is 125 Å². The molecule has 0 aliphatic carbocycles. The summed E-state index contributed by atoms with van der Waals surface area (Å²) < 4.78 is 0. The normalized spacial score (nSPS) is 15.8. The van der Waals surface area contributed by atoms with E-state index < -0.39 is 89.7 Å². The highest BCUT2D eigenvalue weighted by molar-refractivity contribution is 5.97. The molecule has 8 atom stereocenters. The van der Waals surface area contributed by atoms with E-state index in [2.05, 4.69) is 57.5 Å². The molecule has 1 aromatic rings. The summed E-state index contributed by atoms with van der Waals surface area (Å²) in [5.41, 5.74) is 34.0. The van der Waals surface area contributed by atoms with Gasteiger partial charge >= 0.3 is 5.97 Å². The molecule has 2 rings (SSSR count). The molecule has 0 bridgehead atoms. The van der Waals surface area contributed by atoms with Crippen LogP contribution in [0.25, 0.3) is 0 Å². The fourth-order valence-corrected chi connectivity index (χ4v) is 8.29. The van der Waals surface area contributed by atoms with Crippen LogP contribution in [0.3, 0.4) is 0 Å². The molecule has 1 aliphatic heterocycles. The third-order valence-corrected chi connectivity index (χ3v) is 12.0. The first-order valence-electron chi connectivity index (χ1n) is 26.1. The van der Waals surface area contributed by atoms with Gasteiger partial charge in [-0.25, -0.2) is 4.79 Å². The average Bonchev–Trinajstić information content (AvgIpc) is 3.88. The van der Waals surface area contributed by atoms with E-state index in [9.17, 15) is 43.5 Å². The Morgan fingerprint density at radius 1 is 0.513 bits per heavy atom. The number of carboxylic acid groups (broad SMARTS) is 1. The van der Waals surface area contributed by atoms with Crippen LogP contribution >= 0.6 is 0 Å². The van der Waals surface area contributed by atoms with Gasteiger partial charge in [-0.3, -0.25) is 48.5 Å². The van der Waals surface area contributed by atoms with Gasteiger partial charge in [0, 0.05) is 26.1 Å². The molecule has 1 aliphatic rings. The van der Waals surface area contributed by atoms with E-state index in [1.165, 1.54) is 0 Å². The molecule has 426 valence electrons. The van der Waals surface area contributed by atoms with Crippen molar-refractivity contribution in [2.24, 2.45) is 67.1 Å². The maximum Gasteiger partial charge on any atom is 0.326 e. The van der Waals surface area contributed by atoms with Crippen LogP contribution in [-0.4, -0.2) is 145 Å². The zero-order chi connectivity index (χ0) is 56.9. The molecule has 26 nitrogen and oxygen atoms in total. The molecular formula is C50H87N17O9. The van der Waals surface area contributed by atoms with Gasteiger partial charge in [-0.15, -0.1) is 0 Å². The largest absolute Gasteiger partial charge is 0.480 e. The Hall–Kier alpha value is -7.25. The first-order chi connectivity index (χ1) is 35.9. The fraction of sp³-hybridized carbons (Fsp3) is 0.660. The van der Waals surface area contributed by atoms with Crippen molar-refractivity contribution in [1.82, 2.24) is 42.5 Å². The number of amides is 7. The predicted octanol–water partition coefficient (Wildman–Crippen LogP) is -2.24. The Morgan fingerprint density at radius 2 is 0.855 bits per heavy atom. The van der Waals surface area contributed by atoms with Crippen molar-refractivity contribution in [3.63, 3.8) is 0 Å². The summed E-state index contributed by atoms with van der Waals surface area (Å²) in [6.45, 7) is 11.8. The molecule has 1 saturated heterocycles. The second-order valence-electron chi connectivity index (χ2n) is 20.3. The van der Waals surface area contributed by atoms with Crippen LogP contribution in [0.5, 0.6) is 0 Å². The molecule has 7 amide bonds. The predicted molar refractivity (Wildman–Crippen MR) is 290 cm³/mol. The Bertz CT molecular complexity index is 2120. The minimum absolute atomic E-state index is 0.000915. The maximum absolute atomic E-state index is 14.4. The summed E-state index contributed by atoms with van der Waals surface area (Å²) in [6, 6.07) is -0.128. The smallest absolute Gasteiger partial charge is 0.326 e. The second kappa shape index (κ2) is 34.3. The third kappa shape index (κ3) is 26.3. The van der Waals surface area contributed by atoms with Crippen LogP contribution in [0.4, 0.5) is 0 Å². The number of aliphatic imine (C=N–C) groups is 3. The fourth-order valence-electron chi connectivity index (χ4n) is 8.29. The van der Waals surface area contributed by atoms with Gasteiger partial charge in [-0.05, 0) is 100 Å². The van der Waals surface area contributed by atoms with E-state index in [0.717, 1.165) is 12.0 Å². The summed E-state index contributed by atoms with van der Waals surface area (Å²) >= 11 is 0. The third-order valence-electron chi connectivity index (χ3n) is 12.0. The maximum atomic E-state index is 14.4. The monoisotopic (exact) mass is 1070 g/mol. The number of carbonyl (C=O) groups excluding carboxylic acids is 7. The topological polar surface area (TPSA) is 446 Å². The van der Waals surface area contributed by atoms with E-state index in [4.69, 9.17) is 34.4 Å². The minimum Gasteiger partial charge on any atom is -0.480 e. The first-order valence-corrected chi connectivity index (χ1v) is 26.1. The lowest BCUT2D eigenvalue weighted by Gasteiger charge is -2.29. The average molecular weight is 1070 g/mol. The van der Waals surface area contributed by atoms with Crippen molar-refractivity contribution < 1.29 is 43.5 Å². The highest BCUT2D eigenvalue weighted by Crippen LogP contribution is 2.14. The highest BCUT2D eigenvalue weighted by atomic mass is 16.4. The quantitative estimate of drug-likeness (QED) is 0.0194. The van der Waals surface area contributed by atoms with Gasteiger partial charge in [-0.2, -0.15) is 0 Å². The Balaban J connectivity index is 2.49. The van der Waals surface area contributed by atoms with Gasteiger partial charge in [0.15, 0.2) is 17.9 Å². The Morgan fingerprint density at radius 3 is 1.20 bits per heavy atom. The van der Waals surface area contributed by atoms with E-state index >= 15 is 0 Å². The van der Waals surface area contributed by atoms with Crippen LogP contribution in [0, 0.1) is 17.8 Å². The molecule has 0 radical (unpaired) electrons. The molecule has 0 spiro atoms. The molecule has 21 N–H and O–H groups in total. The summed E-state index contributed by atoms with van der Waals surface area (Å²) in [7, 11) is 0. The Labute approximate surface area is 446 Å². The molecule has 26 heteroatoms. The molecule has 0 aromatic heterocycles. The number of nitrogens with two attached hydrogens (primary N) is 6. The standard InChI is InChI=1S/C50H87N17O9/c1-28(2)24-36(65-42(70)34(18-12-22-59-49(53)54)63-46(74)38(27-31-14-8-7-9-15-31)66-40(68)32-16-10-20-57-32)44(72)61-33(17-11-21-58-48(51)52)41(69)64-37(25-29(3)4)45(73)62-35(19-13-23-60-50(55)56)43(71)67-39(47(75)76)26-30(5)6/h7-9,14-15,28-30,32-39,57H,10-13,16-27H2,1-6H3,(H,61,72)(H,62,73)(H,63,74)(H,64,69)(H,65,70)(H,66,68)(H,67,71)(H,75,76)(H4,51,52,58)(H4,53,54,59)(H4,55,56,60)/t32-,33-,34-,35-,36-,37-,38-,39-/m0/s1. The van der Waals surface area contributed by atoms with Crippen molar-refractivity contribution in [1.29, 1.82) is 0 Å². The molecule has 76 heavy (non-hydrogen) atoms. The number of guanidine groups is 3. The van der Waals surface area contributed by atoms with Crippen LogP contribution in [0.15, 0.2) is 45.3 Å². The molecule has 0 unspecified atom stereocenters. The number of carbonyl (C=O) groups is 8. The van der Waals surface area contributed by atoms with Crippen LogP contribution in [-0.2, 0) is 44.8 Å². The number of rotatable bonds is 35. The van der Waals surface area contributed by atoms with Crippen molar-refractivity contribution in [2.75, 3.05) is 26.2 Å². The van der Waals surface area contributed by atoms with Crippen LogP contribution in [0.1, 0.15) is 118 Å². The molecule has 0 saturated carbocycles. The van der Waals surface area contributed by atoms with Gasteiger partial charge in [0.1, 0.15) is 42.3 Å². The molecular weight excluding hydrogens is 983 g/mol. The van der Waals surface area contributed by atoms with Crippen LogP contribution in [0.2, 0.25) is 0 Å². The number of hydrogen-bond acceptors (Lipinski definition) is 12. The van der Waals surface area contributed by atoms with Crippen molar-refractivity contribution in [3.8, 4) is 0 Å². The second-order valence-corrected chi connectivity index (χ2v) is 20.3. The number of aliphatic carboxylic acids is 1. The minimum atomic E-state index is -1.33. The zero-order valence-electron chi connectivity index (χ0n) is 45.1. The molecule has 1 aromatic carbocycles. The first kappa shape index (κ1) is 64.9. The van der Waals surface area contributed by atoms with E-state index in [1.54, 1.807) is 26.0 Å². The van der Waals surface area contributed by atoms with Crippen LogP contribution < -0.4 is 76.9 Å². The van der Waals surface area contributed by atoms with Crippen molar-refractivity contribution in [2.45, 2.75) is 167 Å². The number of carboxylic acids is 1. The molecule has 1 fully saturated rings. The summed E-state index contributed by atoms with van der Waals surface area (Å²) in [6.07, 6.45) is 2.38. The lowest BCUT2D eigenvalue weighted by atomic mass is 9.99. The lowest BCUT2D eigenvalue weighted by Crippen LogP contribution is -2.60. The number of nitrogens with zero attached hydrogens (tertiary/aromatic N) is 3. The highest BCUT2D eigenvalue weighted by Gasteiger charge is 2.35. The van der Waals surface area contributed by atoms with Crippen molar-refractivity contribution >= 4 is 65.2 Å². The number of benzene rings is 1. The van der Waals surface area contributed by atoms with E-state index in [1.807, 2.05) is 45.9 Å². The zero-order valence-corrected chi connectivity index (χ0v) is 45.1. The number of nitrogens with one attached hydrogen (secondary N) is 8. The Kier molecular flexibility index (Phi) is 29.3. The van der Waals surface area contributed by atoms with Gasteiger partial charge in [-0.1, -0.05) is 71.9 Å². The summed E-state index contributed by atoms with van der Waals surface area (Å²) in [4.78, 5) is 123.